The lowest BCUT2D eigenvalue weighted by Gasteiger charge is -2.36. The summed E-state index contributed by atoms with van der Waals surface area (Å²) in [5.74, 6) is 0.639. The molecule has 0 bridgehead atoms. The third kappa shape index (κ3) is 3.79. The Hall–Kier alpha value is -3.75. The van der Waals surface area contributed by atoms with Crippen LogP contribution in [0.5, 0.6) is 0 Å². The second-order valence-corrected chi connectivity index (χ2v) is 10.7. The number of halogens is 1. The first kappa shape index (κ1) is 22.4. The lowest BCUT2D eigenvalue weighted by atomic mass is 9.68. The molecule has 4 aromatic carbocycles. The van der Waals surface area contributed by atoms with E-state index in [0.717, 1.165) is 16.8 Å². The van der Waals surface area contributed by atoms with Gasteiger partial charge >= 0.3 is 0 Å². The molecule has 0 unspecified atom stereocenters. The summed E-state index contributed by atoms with van der Waals surface area (Å²) in [6, 6.07) is 36.6. The van der Waals surface area contributed by atoms with Crippen molar-refractivity contribution in [1.82, 2.24) is 9.97 Å². The maximum absolute atomic E-state index is 6.44. The van der Waals surface area contributed by atoms with Gasteiger partial charge in [-0.15, -0.1) is 0 Å². The number of hydrogen-bond donors (Lipinski definition) is 0. The minimum absolute atomic E-state index is 0.191. The molecule has 0 saturated heterocycles. The van der Waals surface area contributed by atoms with Crippen LogP contribution in [0.15, 0.2) is 103 Å². The van der Waals surface area contributed by atoms with Crippen LogP contribution in [-0.2, 0) is 5.41 Å². The summed E-state index contributed by atoms with van der Waals surface area (Å²) in [4.78, 5) is 9.32. The molecular weight excluding hydrogens is 472 g/mol. The van der Waals surface area contributed by atoms with Gasteiger partial charge in [0.2, 0.25) is 0 Å². The molecule has 1 aromatic heterocycles. The highest BCUT2D eigenvalue weighted by Gasteiger charge is 2.43. The van der Waals surface area contributed by atoms with Crippen LogP contribution < -0.4 is 0 Å². The Kier molecular flexibility index (Phi) is 5.44. The number of rotatable bonds is 3. The van der Waals surface area contributed by atoms with Gasteiger partial charge < -0.3 is 0 Å². The highest BCUT2D eigenvalue weighted by atomic mass is 35.5. The number of benzene rings is 4. The fraction of sp³-hybridized carbons (Fsp3) is 0.176. The molecule has 0 aliphatic heterocycles. The van der Waals surface area contributed by atoms with Gasteiger partial charge in [0, 0.05) is 22.6 Å². The molecule has 0 N–H and O–H groups in total. The highest BCUT2D eigenvalue weighted by Crippen LogP contribution is 2.56. The van der Waals surface area contributed by atoms with E-state index in [1.165, 1.54) is 65.5 Å². The summed E-state index contributed by atoms with van der Waals surface area (Å²) in [6.07, 6.45) is 6.48. The molecule has 2 aliphatic carbocycles. The fourth-order valence-corrected chi connectivity index (χ4v) is 6.66. The molecule has 2 aliphatic rings. The molecule has 0 radical (unpaired) electrons. The first-order valence-electron chi connectivity index (χ1n) is 13.2. The van der Waals surface area contributed by atoms with Crippen LogP contribution in [0.4, 0.5) is 0 Å². The summed E-state index contributed by atoms with van der Waals surface area (Å²) < 4.78 is 0. The largest absolute Gasteiger partial charge is 0.228 e. The third-order valence-electron chi connectivity index (χ3n) is 8.19. The zero-order valence-corrected chi connectivity index (χ0v) is 21.4. The Morgan fingerprint density at radius 2 is 1.24 bits per heavy atom. The number of nitrogens with zero attached hydrogens (tertiary/aromatic N) is 2. The van der Waals surface area contributed by atoms with Crippen LogP contribution in [-0.4, -0.2) is 9.97 Å². The van der Waals surface area contributed by atoms with Crippen molar-refractivity contribution in [2.24, 2.45) is 0 Å². The van der Waals surface area contributed by atoms with E-state index in [4.69, 9.17) is 16.6 Å². The van der Waals surface area contributed by atoms with Crippen molar-refractivity contribution in [3.05, 3.63) is 119 Å². The van der Waals surface area contributed by atoms with Crippen molar-refractivity contribution < 1.29 is 0 Å². The van der Waals surface area contributed by atoms with Gasteiger partial charge in [0.15, 0.2) is 5.82 Å². The van der Waals surface area contributed by atoms with E-state index in [1.54, 1.807) is 0 Å². The number of aromatic nitrogens is 2. The lowest BCUT2D eigenvalue weighted by Crippen LogP contribution is -2.27. The van der Waals surface area contributed by atoms with Gasteiger partial charge in [-0.3, -0.25) is 0 Å². The quantitative estimate of drug-likeness (QED) is 0.231. The molecule has 2 nitrogen and oxygen atoms in total. The van der Waals surface area contributed by atoms with Crippen LogP contribution in [0, 0.1) is 0 Å². The monoisotopic (exact) mass is 498 g/mol. The second-order valence-electron chi connectivity index (χ2n) is 10.3. The van der Waals surface area contributed by atoms with Gasteiger partial charge in [-0.2, -0.15) is 0 Å². The molecule has 0 amide bonds. The summed E-state index contributed by atoms with van der Waals surface area (Å²) >= 11 is 6.44. The SMILES string of the molecule is Clc1cc(-c2cccc(-c3ccc4c(c3)-c3ccccc3C43CCCCC3)c2)nc(-c2ccccc2)n1. The Morgan fingerprint density at radius 1 is 0.541 bits per heavy atom. The smallest absolute Gasteiger partial charge is 0.161 e. The zero-order chi connectivity index (χ0) is 24.8. The first-order valence-corrected chi connectivity index (χ1v) is 13.5. The van der Waals surface area contributed by atoms with Gasteiger partial charge in [-0.05, 0) is 58.4 Å². The fourth-order valence-electron chi connectivity index (χ4n) is 6.48. The average molecular weight is 499 g/mol. The maximum Gasteiger partial charge on any atom is 0.161 e. The van der Waals surface area contributed by atoms with E-state index in [-0.39, 0.29) is 5.41 Å². The van der Waals surface area contributed by atoms with Crippen molar-refractivity contribution in [3.8, 4) is 44.9 Å². The zero-order valence-electron chi connectivity index (χ0n) is 20.6. The van der Waals surface area contributed by atoms with Crippen molar-refractivity contribution >= 4 is 11.6 Å². The van der Waals surface area contributed by atoms with Gasteiger partial charge in [0.05, 0.1) is 5.69 Å². The molecule has 1 fully saturated rings. The van der Waals surface area contributed by atoms with Gasteiger partial charge in [0.25, 0.3) is 0 Å². The predicted octanol–water partition coefficient (Wildman–Crippen LogP) is 9.36. The lowest BCUT2D eigenvalue weighted by molar-refractivity contribution is 0.353. The summed E-state index contributed by atoms with van der Waals surface area (Å²) in [7, 11) is 0. The standard InChI is InChI=1S/C34H27ClN2/c35-32-22-31(36-33(37-32)23-10-3-1-4-11-23)26-13-9-12-24(20-26)25-16-17-30-28(21-25)27-14-5-6-15-29(27)34(30)18-7-2-8-19-34/h1,3-6,9-17,20-22H,2,7-8,18-19H2. The summed E-state index contributed by atoms with van der Waals surface area (Å²) in [6.45, 7) is 0. The normalized spacial score (nSPS) is 15.4. The summed E-state index contributed by atoms with van der Waals surface area (Å²) in [5.41, 5.74) is 11.3. The minimum atomic E-state index is 0.191. The second kappa shape index (κ2) is 8.97. The molecule has 1 spiro atoms. The molecule has 0 atom stereocenters. The number of fused-ring (bicyclic) bond motifs is 5. The molecule has 7 rings (SSSR count). The molecular formula is C34H27ClN2. The van der Waals surface area contributed by atoms with Crippen LogP contribution >= 0.6 is 11.6 Å². The van der Waals surface area contributed by atoms with E-state index in [1.807, 2.05) is 36.4 Å². The van der Waals surface area contributed by atoms with Crippen LogP contribution in [0.3, 0.4) is 0 Å². The Labute approximate surface area is 223 Å². The van der Waals surface area contributed by atoms with E-state index in [9.17, 15) is 0 Å². The molecule has 1 heterocycles. The van der Waals surface area contributed by atoms with Gasteiger partial charge in [-0.25, -0.2) is 9.97 Å². The minimum Gasteiger partial charge on any atom is -0.228 e. The predicted molar refractivity (Wildman–Crippen MR) is 153 cm³/mol. The van der Waals surface area contributed by atoms with E-state index in [0.29, 0.717) is 11.0 Å². The molecule has 5 aromatic rings. The molecule has 37 heavy (non-hydrogen) atoms. The van der Waals surface area contributed by atoms with Crippen LogP contribution in [0.2, 0.25) is 5.15 Å². The topological polar surface area (TPSA) is 25.8 Å². The van der Waals surface area contributed by atoms with Crippen molar-refractivity contribution in [1.29, 1.82) is 0 Å². The van der Waals surface area contributed by atoms with Gasteiger partial charge in [0.1, 0.15) is 5.15 Å². The summed E-state index contributed by atoms with van der Waals surface area (Å²) in [5, 5.41) is 0.446. The maximum atomic E-state index is 6.44. The van der Waals surface area contributed by atoms with Crippen molar-refractivity contribution in [2.75, 3.05) is 0 Å². The molecule has 1 saturated carbocycles. The Bertz CT molecular complexity index is 1620. The van der Waals surface area contributed by atoms with Crippen LogP contribution in [0.1, 0.15) is 43.2 Å². The van der Waals surface area contributed by atoms with Gasteiger partial charge in [-0.1, -0.05) is 116 Å². The van der Waals surface area contributed by atoms with E-state index in [2.05, 4.69) is 71.7 Å². The van der Waals surface area contributed by atoms with Crippen molar-refractivity contribution in [2.45, 2.75) is 37.5 Å². The van der Waals surface area contributed by atoms with Crippen LogP contribution in [0.25, 0.3) is 44.9 Å². The third-order valence-corrected chi connectivity index (χ3v) is 8.39. The first-order chi connectivity index (χ1) is 18.2. The van der Waals surface area contributed by atoms with E-state index < -0.39 is 0 Å². The molecule has 3 heteroatoms. The Morgan fingerprint density at radius 3 is 2.11 bits per heavy atom. The Balaban J connectivity index is 1.31. The average Bonchev–Trinajstić information content (AvgIpc) is 3.22. The van der Waals surface area contributed by atoms with E-state index >= 15 is 0 Å². The van der Waals surface area contributed by atoms with Crippen molar-refractivity contribution in [3.63, 3.8) is 0 Å². The molecule has 180 valence electrons. The number of hydrogen-bond acceptors (Lipinski definition) is 2. The highest BCUT2D eigenvalue weighted by molar-refractivity contribution is 6.29.